The van der Waals surface area contributed by atoms with E-state index in [2.05, 4.69) is 5.32 Å². The summed E-state index contributed by atoms with van der Waals surface area (Å²) in [6, 6.07) is 1.14. The fraction of sp³-hybridized carbons (Fsp3) is 0.600. The van der Waals surface area contributed by atoms with Crippen molar-refractivity contribution in [3.63, 3.8) is 0 Å². The van der Waals surface area contributed by atoms with Crippen molar-refractivity contribution in [3.8, 4) is 0 Å². The van der Waals surface area contributed by atoms with Crippen molar-refractivity contribution in [1.29, 1.82) is 0 Å². The Morgan fingerprint density at radius 3 is 2.42 bits per heavy atom. The van der Waals surface area contributed by atoms with Gasteiger partial charge in [-0.1, -0.05) is 6.92 Å². The molecule has 9 heteroatoms. The first-order valence-corrected chi connectivity index (χ1v) is 9.21. The van der Waals surface area contributed by atoms with Crippen molar-refractivity contribution < 1.29 is 26.0 Å². The Morgan fingerprint density at radius 2 is 1.88 bits per heavy atom. The molecule has 1 heterocycles. The first kappa shape index (κ1) is 19.1. The van der Waals surface area contributed by atoms with Crippen molar-refractivity contribution in [3.05, 3.63) is 29.6 Å². The van der Waals surface area contributed by atoms with Crippen molar-refractivity contribution in [2.24, 2.45) is 0 Å². The van der Waals surface area contributed by atoms with Crippen LogP contribution >= 0.6 is 0 Å². The Hall–Kier alpha value is -1.19. The average Bonchev–Trinajstić information content (AvgIpc) is 2.52. The fourth-order valence-corrected chi connectivity index (χ4v) is 4.69. The Morgan fingerprint density at radius 1 is 1.25 bits per heavy atom. The minimum atomic E-state index is -4.73. The van der Waals surface area contributed by atoms with Crippen LogP contribution in [0, 0.1) is 5.82 Å². The minimum Gasteiger partial charge on any atom is -0.317 e. The van der Waals surface area contributed by atoms with E-state index in [0.717, 1.165) is 4.31 Å². The largest absolute Gasteiger partial charge is 0.416 e. The highest BCUT2D eigenvalue weighted by Crippen LogP contribution is 2.33. The second kappa shape index (κ2) is 7.37. The second-order valence-electron chi connectivity index (χ2n) is 5.74. The molecule has 1 aliphatic rings. The molecule has 136 valence electrons. The summed E-state index contributed by atoms with van der Waals surface area (Å²) in [6.45, 7) is 3.14. The van der Waals surface area contributed by atoms with Crippen LogP contribution in [-0.2, 0) is 16.2 Å². The van der Waals surface area contributed by atoms with Gasteiger partial charge in [0, 0.05) is 12.6 Å². The molecule has 0 aromatic heterocycles. The maximum atomic E-state index is 14.0. The lowest BCUT2D eigenvalue weighted by molar-refractivity contribution is -0.137. The molecule has 0 unspecified atom stereocenters. The van der Waals surface area contributed by atoms with Gasteiger partial charge < -0.3 is 5.32 Å². The Bertz CT molecular complexity index is 671. The summed E-state index contributed by atoms with van der Waals surface area (Å²) in [5.74, 6) is -1.17. The van der Waals surface area contributed by atoms with Gasteiger partial charge in [-0.2, -0.15) is 17.5 Å². The van der Waals surface area contributed by atoms with E-state index in [1.165, 1.54) is 0 Å². The molecule has 24 heavy (non-hydrogen) atoms. The van der Waals surface area contributed by atoms with E-state index in [4.69, 9.17) is 0 Å². The summed E-state index contributed by atoms with van der Waals surface area (Å²) >= 11 is 0. The van der Waals surface area contributed by atoms with Crippen LogP contribution in [0.2, 0.25) is 0 Å². The standard InChI is InChI=1S/C15H20F4N2O2S/c1-2-9-21(12-5-7-20-8-6-12)24(22,23)14-10-11(15(17,18)19)3-4-13(14)16/h3-4,10,12,20H,2,5-9H2,1H3. The zero-order valence-electron chi connectivity index (χ0n) is 13.2. The van der Waals surface area contributed by atoms with E-state index in [1.54, 1.807) is 6.92 Å². The molecule has 1 aliphatic heterocycles. The minimum absolute atomic E-state index is 0.142. The molecule has 1 fully saturated rings. The number of benzene rings is 1. The number of nitrogens with zero attached hydrogens (tertiary/aromatic N) is 1. The number of hydrogen-bond acceptors (Lipinski definition) is 3. The van der Waals surface area contributed by atoms with Gasteiger partial charge >= 0.3 is 6.18 Å². The molecular weight excluding hydrogens is 348 g/mol. The summed E-state index contributed by atoms with van der Waals surface area (Å²) in [6.07, 6.45) is -3.16. The van der Waals surface area contributed by atoms with Crippen molar-refractivity contribution in [2.45, 2.75) is 43.3 Å². The maximum absolute atomic E-state index is 14.0. The van der Waals surface area contributed by atoms with E-state index in [0.29, 0.717) is 50.6 Å². The predicted octanol–water partition coefficient (Wildman–Crippen LogP) is 3.00. The van der Waals surface area contributed by atoms with Crippen molar-refractivity contribution >= 4 is 10.0 Å². The normalized spacial score (nSPS) is 17.4. The van der Waals surface area contributed by atoms with E-state index < -0.39 is 32.5 Å². The summed E-state index contributed by atoms with van der Waals surface area (Å²) in [5, 5.41) is 3.10. The first-order chi connectivity index (χ1) is 11.2. The lowest BCUT2D eigenvalue weighted by Crippen LogP contribution is -2.46. The van der Waals surface area contributed by atoms with Gasteiger partial charge in [-0.3, -0.25) is 0 Å². The van der Waals surface area contributed by atoms with Gasteiger partial charge in [0.25, 0.3) is 0 Å². The molecule has 2 rings (SSSR count). The van der Waals surface area contributed by atoms with Gasteiger partial charge in [-0.25, -0.2) is 12.8 Å². The molecular formula is C15H20F4N2O2S. The molecule has 1 aromatic carbocycles. The van der Waals surface area contributed by atoms with Gasteiger partial charge in [0.1, 0.15) is 10.7 Å². The topological polar surface area (TPSA) is 49.4 Å². The van der Waals surface area contributed by atoms with Gasteiger partial charge in [0.05, 0.1) is 5.56 Å². The van der Waals surface area contributed by atoms with Crippen molar-refractivity contribution in [2.75, 3.05) is 19.6 Å². The summed E-state index contributed by atoms with van der Waals surface area (Å²) < 4.78 is 79.4. The number of halogens is 4. The van der Waals surface area contributed by atoms with Gasteiger partial charge in [-0.15, -0.1) is 0 Å². The van der Waals surface area contributed by atoms with Crippen LogP contribution in [0.3, 0.4) is 0 Å². The van der Waals surface area contributed by atoms with E-state index in [9.17, 15) is 26.0 Å². The van der Waals surface area contributed by atoms with Gasteiger partial charge in [0.15, 0.2) is 0 Å². The number of hydrogen-bond donors (Lipinski definition) is 1. The molecule has 1 N–H and O–H groups in total. The third-order valence-electron chi connectivity index (χ3n) is 4.01. The average molecular weight is 368 g/mol. The van der Waals surface area contributed by atoms with Gasteiger partial charge in [-0.05, 0) is 50.6 Å². The zero-order chi connectivity index (χ0) is 18.0. The smallest absolute Gasteiger partial charge is 0.317 e. The first-order valence-electron chi connectivity index (χ1n) is 7.77. The number of nitrogens with one attached hydrogen (secondary N) is 1. The Balaban J connectivity index is 2.46. The zero-order valence-corrected chi connectivity index (χ0v) is 14.1. The van der Waals surface area contributed by atoms with Crippen LogP contribution in [0.5, 0.6) is 0 Å². The van der Waals surface area contributed by atoms with Crippen LogP contribution in [0.25, 0.3) is 0 Å². The Labute approximate surface area is 138 Å². The predicted molar refractivity (Wildman–Crippen MR) is 81.5 cm³/mol. The fourth-order valence-electron chi connectivity index (χ4n) is 2.82. The number of alkyl halides is 3. The molecule has 0 amide bonds. The summed E-state index contributed by atoms with van der Waals surface area (Å²) in [5.41, 5.74) is -1.18. The molecule has 1 aromatic rings. The van der Waals surface area contributed by atoms with Crippen LogP contribution in [0.4, 0.5) is 17.6 Å². The monoisotopic (exact) mass is 368 g/mol. The van der Waals surface area contributed by atoms with E-state index >= 15 is 0 Å². The Kier molecular flexibility index (Phi) is 5.87. The molecule has 0 atom stereocenters. The number of rotatable bonds is 5. The third kappa shape index (κ3) is 4.07. The highest BCUT2D eigenvalue weighted by molar-refractivity contribution is 7.89. The number of sulfonamides is 1. The lowest BCUT2D eigenvalue weighted by atomic mass is 10.1. The molecule has 0 spiro atoms. The highest BCUT2D eigenvalue weighted by Gasteiger charge is 2.37. The summed E-state index contributed by atoms with van der Waals surface area (Å²) in [4.78, 5) is -0.913. The third-order valence-corrected chi connectivity index (χ3v) is 5.97. The molecule has 4 nitrogen and oxygen atoms in total. The molecule has 0 saturated carbocycles. The van der Waals surface area contributed by atoms with E-state index in [-0.39, 0.29) is 12.6 Å². The van der Waals surface area contributed by atoms with Crippen LogP contribution < -0.4 is 5.32 Å². The van der Waals surface area contributed by atoms with Crippen LogP contribution in [0.15, 0.2) is 23.1 Å². The quantitative estimate of drug-likeness (QED) is 0.813. The van der Waals surface area contributed by atoms with E-state index in [1.807, 2.05) is 0 Å². The van der Waals surface area contributed by atoms with Crippen molar-refractivity contribution in [1.82, 2.24) is 9.62 Å². The van der Waals surface area contributed by atoms with Gasteiger partial charge in [0.2, 0.25) is 10.0 Å². The summed E-state index contributed by atoms with van der Waals surface area (Å²) in [7, 11) is -4.35. The molecule has 0 radical (unpaired) electrons. The molecule has 1 saturated heterocycles. The lowest BCUT2D eigenvalue weighted by Gasteiger charge is -2.33. The van der Waals surface area contributed by atoms with Crippen LogP contribution in [-0.4, -0.2) is 38.4 Å². The highest BCUT2D eigenvalue weighted by atomic mass is 32.2. The second-order valence-corrected chi connectivity index (χ2v) is 7.60. The maximum Gasteiger partial charge on any atom is 0.416 e. The SMILES string of the molecule is CCCN(C1CCNCC1)S(=O)(=O)c1cc(C(F)(F)F)ccc1F. The molecule has 0 bridgehead atoms. The number of piperidine rings is 1. The molecule has 0 aliphatic carbocycles. The van der Waals surface area contributed by atoms with Crippen LogP contribution in [0.1, 0.15) is 31.7 Å².